The van der Waals surface area contributed by atoms with E-state index in [1.165, 1.54) is 4.90 Å². The van der Waals surface area contributed by atoms with E-state index in [-0.39, 0.29) is 23.1 Å². The highest BCUT2D eigenvalue weighted by atomic mass is 79.9. The molecule has 1 atom stereocenters. The van der Waals surface area contributed by atoms with Crippen molar-refractivity contribution < 1.29 is 9.59 Å². The zero-order valence-electron chi connectivity index (χ0n) is 11.3. The van der Waals surface area contributed by atoms with E-state index in [4.69, 9.17) is 0 Å². The first-order chi connectivity index (χ1) is 8.80. The minimum absolute atomic E-state index is 0.0199. The van der Waals surface area contributed by atoms with E-state index in [1.807, 2.05) is 0 Å². The molecule has 2 amide bonds. The number of rotatable bonds is 1. The lowest BCUT2D eigenvalue weighted by molar-refractivity contribution is -0.125. The maximum absolute atomic E-state index is 12.4. The van der Waals surface area contributed by atoms with E-state index in [0.29, 0.717) is 23.1 Å². The SMILES string of the molecule is CC(C)(C)C1CC(=O)N(C(=O)c2ncccc2Br)C1. The molecule has 1 aromatic rings. The van der Waals surface area contributed by atoms with E-state index in [1.54, 1.807) is 18.3 Å². The zero-order chi connectivity index (χ0) is 14.2. The number of halogens is 1. The van der Waals surface area contributed by atoms with E-state index >= 15 is 0 Å². The van der Waals surface area contributed by atoms with Crippen LogP contribution in [0.5, 0.6) is 0 Å². The molecule has 0 aliphatic carbocycles. The maximum atomic E-state index is 12.4. The number of imide groups is 1. The summed E-state index contributed by atoms with van der Waals surface area (Å²) in [5.41, 5.74) is 0.317. The fraction of sp³-hybridized carbons (Fsp3) is 0.500. The molecule has 1 aliphatic heterocycles. The summed E-state index contributed by atoms with van der Waals surface area (Å²) in [5, 5.41) is 0. The van der Waals surface area contributed by atoms with Crippen molar-refractivity contribution in [3.8, 4) is 0 Å². The number of aromatic nitrogens is 1. The molecule has 102 valence electrons. The lowest BCUT2D eigenvalue weighted by atomic mass is 9.80. The molecular weight excluding hydrogens is 308 g/mol. The van der Waals surface area contributed by atoms with E-state index in [0.717, 1.165) is 0 Å². The van der Waals surface area contributed by atoms with Crippen LogP contribution in [0.1, 0.15) is 37.7 Å². The molecule has 2 heterocycles. The Labute approximate surface area is 121 Å². The second-order valence-electron chi connectivity index (χ2n) is 5.91. The Bertz CT molecular complexity index is 522. The normalized spacial score (nSPS) is 19.9. The predicted molar refractivity (Wildman–Crippen MR) is 75.5 cm³/mol. The molecule has 0 spiro atoms. The fourth-order valence-corrected chi connectivity index (χ4v) is 2.58. The molecular formula is C14H17BrN2O2. The Morgan fingerprint density at radius 1 is 1.47 bits per heavy atom. The first kappa shape index (κ1) is 14.2. The van der Waals surface area contributed by atoms with Crippen LogP contribution < -0.4 is 0 Å². The van der Waals surface area contributed by atoms with E-state index in [9.17, 15) is 9.59 Å². The van der Waals surface area contributed by atoms with Crippen molar-refractivity contribution in [3.05, 3.63) is 28.5 Å². The highest BCUT2D eigenvalue weighted by Gasteiger charge is 2.40. The maximum Gasteiger partial charge on any atom is 0.280 e. The van der Waals surface area contributed by atoms with Gasteiger partial charge in [0.05, 0.1) is 0 Å². The third kappa shape index (κ3) is 2.86. The first-order valence-corrected chi connectivity index (χ1v) is 7.05. The smallest absolute Gasteiger partial charge is 0.277 e. The van der Waals surface area contributed by atoms with Crippen molar-refractivity contribution in [1.29, 1.82) is 0 Å². The van der Waals surface area contributed by atoms with Crippen LogP contribution in [-0.4, -0.2) is 28.2 Å². The van der Waals surface area contributed by atoms with Gasteiger partial charge in [0, 0.05) is 23.6 Å². The molecule has 0 aromatic carbocycles. The number of nitrogens with zero attached hydrogens (tertiary/aromatic N) is 2. The Hall–Kier alpha value is -1.23. The summed E-state index contributed by atoms with van der Waals surface area (Å²) in [6, 6.07) is 3.49. The third-order valence-electron chi connectivity index (χ3n) is 3.56. The summed E-state index contributed by atoms with van der Waals surface area (Å²) in [7, 11) is 0. The summed E-state index contributed by atoms with van der Waals surface area (Å²) in [4.78, 5) is 29.8. The summed E-state index contributed by atoms with van der Waals surface area (Å²) >= 11 is 3.30. The molecule has 0 bridgehead atoms. The van der Waals surface area contributed by atoms with Gasteiger partial charge in [-0.25, -0.2) is 4.98 Å². The summed E-state index contributed by atoms with van der Waals surface area (Å²) in [5.74, 6) is -0.224. The average molecular weight is 325 g/mol. The fourth-order valence-electron chi connectivity index (χ4n) is 2.15. The van der Waals surface area contributed by atoms with Crippen molar-refractivity contribution in [2.24, 2.45) is 11.3 Å². The lowest BCUT2D eigenvalue weighted by Gasteiger charge is -2.26. The van der Waals surface area contributed by atoms with Crippen LogP contribution in [0.2, 0.25) is 0 Å². The van der Waals surface area contributed by atoms with Gasteiger partial charge in [0.15, 0.2) is 0 Å². The van der Waals surface area contributed by atoms with Gasteiger partial charge in [0.1, 0.15) is 5.69 Å². The van der Waals surface area contributed by atoms with Crippen molar-refractivity contribution in [2.75, 3.05) is 6.54 Å². The highest BCUT2D eigenvalue weighted by Crippen LogP contribution is 2.35. The number of carbonyl (C=O) groups excluding carboxylic acids is 2. The second kappa shape index (κ2) is 5.04. The molecule has 4 nitrogen and oxygen atoms in total. The van der Waals surface area contributed by atoms with Gasteiger partial charge in [-0.1, -0.05) is 20.8 Å². The molecule has 0 N–H and O–H groups in total. The zero-order valence-corrected chi connectivity index (χ0v) is 12.9. The van der Waals surface area contributed by atoms with E-state index in [2.05, 4.69) is 41.7 Å². The number of carbonyl (C=O) groups is 2. The van der Waals surface area contributed by atoms with E-state index < -0.39 is 0 Å². The van der Waals surface area contributed by atoms with Crippen LogP contribution in [0.4, 0.5) is 0 Å². The number of hydrogen-bond acceptors (Lipinski definition) is 3. The molecule has 1 aromatic heterocycles. The molecule has 1 fully saturated rings. The van der Waals surface area contributed by atoms with Gasteiger partial charge >= 0.3 is 0 Å². The number of hydrogen-bond donors (Lipinski definition) is 0. The van der Waals surface area contributed by atoms with Crippen LogP contribution >= 0.6 is 15.9 Å². The number of pyridine rings is 1. The summed E-state index contributed by atoms with van der Waals surface area (Å²) in [6.07, 6.45) is 1.99. The molecule has 0 saturated carbocycles. The monoisotopic (exact) mass is 324 g/mol. The Morgan fingerprint density at radius 2 is 2.16 bits per heavy atom. The van der Waals surface area contributed by atoms with Gasteiger partial charge in [0.2, 0.25) is 5.91 Å². The minimum Gasteiger partial charge on any atom is -0.277 e. The Balaban J connectivity index is 2.22. The van der Waals surface area contributed by atoms with Crippen LogP contribution in [0.25, 0.3) is 0 Å². The lowest BCUT2D eigenvalue weighted by Crippen LogP contribution is -2.34. The number of amides is 2. The topological polar surface area (TPSA) is 50.3 Å². The molecule has 1 saturated heterocycles. The molecule has 5 heteroatoms. The van der Waals surface area contributed by atoms with Gasteiger partial charge in [-0.2, -0.15) is 0 Å². The van der Waals surface area contributed by atoms with Crippen LogP contribution in [0, 0.1) is 11.3 Å². The molecule has 1 unspecified atom stereocenters. The highest BCUT2D eigenvalue weighted by molar-refractivity contribution is 9.10. The van der Waals surface area contributed by atoms with Crippen LogP contribution in [0.3, 0.4) is 0 Å². The molecule has 0 radical (unpaired) electrons. The Morgan fingerprint density at radius 3 is 2.68 bits per heavy atom. The molecule has 2 rings (SSSR count). The van der Waals surface area contributed by atoms with Gasteiger partial charge < -0.3 is 0 Å². The van der Waals surface area contributed by atoms with Crippen molar-refractivity contribution in [2.45, 2.75) is 27.2 Å². The van der Waals surface area contributed by atoms with Crippen molar-refractivity contribution >= 4 is 27.7 Å². The second-order valence-corrected chi connectivity index (χ2v) is 6.76. The van der Waals surface area contributed by atoms with Crippen LogP contribution in [-0.2, 0) is 4.79 Å². The number of likely N-dealkylation sites (tertiary alicyclic amines) is 1. The third-order valence-corrected chi connectivity index (χ3v) is 4.20. The summed E-state index contributed by atoms with van der Waals surface area (Å²) < 4.78 is 0.618. The largest absolute Gasteiger partial charge is 0.280 e. The average Bonchev–Trinajstić information content (AvgIpc) is 2.71. The quantitative estimate of drug-likeness (QED) is 0.746. The van der Waals surface area contributed by atoms with Crippen molar-refractivity contribution in [1.82, 2.24) is 9.88 Å². The summed E-state index contributed by atoms with van der Waals surface area (Å²) in [6.45, 7) is 6.75. The van der Waals surface area contributed by atoms with Gasteiger partial charge in [-0.15, -0.1) is 0 Å². The van der Waals surface area contributed by atoms with Gasteiger partial charge in [-0.05, 0) is 39.4 Å². The first-order valence-electron chi connectivity index (χ1n) is 6.26. The minimum atomic E-state index is -0.316. The molecule has 1 aliphatic rings. The predicted octanol–water partition coefficient (Wildman–Crippen LogP) is 2.88. The Kier molecular flexibility index (Phi) is 3.76. The molecule has 19 heavy (non-hydrogen) atoms. The van der Waals surface area contributed by atoms with Crippen LogP contribution in [0.15, 0.2) is 22.8 Å². The van der Waals surface area contributed by atoms with Gasteiger partial charge in [0.25, 0.3) is 5.91 Å². The van der Waals surface area contributed by atoms with Gasteiger partial charge in [-0.3, -0.25) is 14.5 Å². The standard InChI is InChI=1S/C14H17BrN2O2/c1-14(2,3)9-7-11(18)17(8-9)13(19)12-10(15)5-4-6-16-12/h4-6,9H,7-8H2,1-3H3. The van der Waals surface area contributed by atoms with Crippen molar-refractivity contribution in [3.63, 3.8) is 0 Å².